The summed E-state index contributed by atoms with van der Waals surface area (Å²) in [5.74, 6) is 0.0482. The fraction of sp³-hybridized carbons (Fsp3) is 0.500. The summed E-state index contributed by atoms with van der Waals surface area (Å²) >= 11 is 1.58. The van der Waals surface area contributed by atoms with Crippen LogP contribution in [-0.4, -0.2) is 28.9 Å². The van der Waals surface area contributed by atoms with E-state index in [1.165, 1.54) is 0 Å². The van der Waals surface area contributed by atoms with E-state index < -0.39 is 0 Å². The fourth-order valence-electron chi connectivity index (χ4n) is 1.50. The van der Waals surface area contributed by atoms with Gasteiger partial charge >= 0.3 is 0 Å². The number of hydrogen-bond donors (Lipinski definition) is 2. The predicted molar refractivity (Wildman–Crippen MR) is 75.7 cm³/mol. The van der Waals surface area contributed by atoms with E-state index in [-0.39, 0.29) is 17.3 Å². The molecule has 3 nitrogen and oxygen atoms in total. The highest BCUT2D eigenvalue weighted by Crippen LogP contribution is 2.24. The van der Waals surface area contributed by atoms with Crippen molar-refractivity contribution in [3.63, 3.8) is 0 Å². The van der Waals surface area contributed by atoms with Crippen molar-refractivity contribution >= 4 is 17.7 Å². The monoisotopic (exact) mass is 267 g/mol. The molecule has 0 saturated heterocycles. The maximum absolute atomic E-state index is 11.9. The van der Waals surface area contributed by atoms with Gasteiger partial charge in [-0.05, 0) is 31.9 Å². The SMILES string of the molecule is CCC(Sc1ccccc1)C(=O)NCCC(C)O. The molecule has 0 bridgehead atoms. The lowest BCUT2D eigenvalue weighted by atomic mass is 10.2. The smallest absolute Gasteiger partial charge is 0.233 e. The zero-order chi connectivity index (χ0) is 13.4. The highest BCUT2D eigenvalue weighted by atomic mass is 32.2. The van der Waals surface area contributed by atoms with Crippen molar-refractivity contribution in [3.8, 4) is 0 Å². The van der Waals surface area contributed by atoms with Gasteiger partial charge in [-0.15, -0.1) is 11.8 Å². The van der Waals surface area contributed by atoms with Gasteiger partial charge in [-0.25, -0.2) is 0 Å². The Hall–Kier alpha value is -1.00. The summed E-state index contributed by atoms with van der Waals surface area (Å²) in [6.45, 7) is 4.26. The van der Waals surface area contributed by atoms with Gasteiger partial charge in [-0.2, -0.15) is 0 Å². The third-order valence-electron chi connectivity index (χ3n) is 2.55. The Bertz CT molecular complexity index is 354. The van der Waals surface area contributed by atoms with Gasteiger partial charge < -0.3 is 10.4 Å². The molecule has 0 aromatic heterocycles. The van der Waals surface area contributed by atoms with Crippen LogP contribution in [-0.2, 0) is 4.79 Å². The Morgan fingerprint density at radius 2 is 2.06 bits per heavy atom. The van der Waals surface area contributed by atoms with Crippen molar-refractivity contribution in [2.24, 2.45) is 0 Å². The number of carbonyl (C=O) groups is 1. The summed E-state index contributed by atoms with van der Waals surface area (Å²) in [4.78, 5) is 13.1. The quantitative estimate of drug-likeness (QED) is 0.746. The van der Waals surface area contributed by atoms with Crippen LogP contribution in [0.1, 0.15) is 26.7 Å². The number of rotatable bonds is 7. The molecule has 1 rings (SSSR count). The zero-order valence-electron chi connectivity index (χ0n) is 10.9. The van der Waals surface area contributed by atoms with Gasteiger partial charge in [0.15, 0.2) is 0 Å². The van der Waals surface area contributed by atoms with Crippen LogP contribution >= 0.6 is 11.8 Å². The predicted octanol–water partition coefficient (Wildman–Crippen LogP) is 2.44. The Kier molecular flexibility index (Phi) is 6.83. The van der Waals surface area contributed by atoms with Crippen LogP contribution in [0.5, 0.6) is 0 Å². The van der Waals surface area contributed by atoms with Crippen LogP contribution in [0, 0.1) is 0 Å². The van der Waals surface area contributed by atoms with Gasteiger partial charge in [0.25, 0.3) is 0 Å². The highest BCUT2D eigenvalue weighted by Gasteiger charge is 2.17. The minimum Gasteiger partial charge on any atom is -0.393 e. The number of benzene rings is 1. The maximum Gasteiger partial charge on any atom is 0.233 e. The average molecular weight is 267 g/mol. The topological polar surface area (TPSA) is 49.3 Å². The van der Waals surface area contributed by atoms with Crippen LogP contribution in [0.3, 0.4) is 0 Å². The molecular weight excluding hydrogens is 246 g/mol. The molecule has 1 amide bonds. The van der Waals surface area contributed by atoms with Gasteiger partial charge in [0.05, 0.1) is 11.4 Å². The number of aliphatic hydroxyl groups excluding tert-OH is 1. The minimum atomic E-state index is -0.368. The molecule has 2 N–H and O–H groups in total. The molecule has 0 spiro atoms. The number of aliphatic hydroxyl groups is 1. The molecule has 18 heavy (non-hydrogen) atoms. The van der Waals surface area contributed by atoms with Gasteiger partial charge in [-0.1, -0.05) is 25.1 Å². The van der Waals surface area contributed by atoms with Gasteiger partial charge in [0.2, 0.25) is 5.91 Å². The van der Waals surface area contributed by atoms with E-state index in [0.29, 0.717) is 13.0 Å². The van der Waals surface area contributed by atoms with Gasteiger partial charge in [-0.3, -0.25) is 4.79 Å². The molecule has 0 aliphatic heterocycles. The number of carbonyl (C=O) groups excluding carboxylic acids is 1. The van der Waals surface area contributed by atoms with E-state index in [0.717, 1.165) is 11.3 Å². The van der Waals surface area contributed by atoms with Gasteiger partial charge in [0.1, 0.15) is 0 Å². The fourth-order valence-corrected chi connectivity index (χ4v) is 2.50. The standard InChI is InChI=1S/C14H21NO2S/c1-3-13(14(17)15-10-9-11(2)16)18-12-7-5-4-6-8-12/h4-8,11,13,16H,3,9-10H2,1-2H3,(H,15,17). The Morgan fingerprint density at radius 1 is 1.39 bits per heavy atom. The molecular formula is C14H21NO2S. The second kappa shape index (κ2) is 8.16. The van der Waals surface area contributed by atoms with E-state index in [2.05, 4.69) is 5.32 Å². The summed E-state index contributed by atoms with van der Waals surface area (Å²) in [5, 5.41) is 11.9. The Morgan fingerprint density at radius 3 is 2.61 bits per heavy atom. The average Bonchev–Trinajstić information content (AvgIpc) is 2.36. The summed E-state index contributed by atoms with van der Waals surface area (Å²) in [5.41, 5.74) is 0. The van der Waals surface area contributed by atoms with Crippen LogP contribution in [0.2, 0.25) is 0 Å². The third kappa shape index (κ3) is 5.56. The van der Waals surface area contributed by atoms with Crippen molar-refractivity contribution in [1.29, 1.82) is 0 Å². The number of nitrogens with one attached hydrogen (secondary N) is 1. The van der Waals surface area contributed by atoms with Gasteiger partial charge in [0, 0.05) is 11.4 Å². The second-order valence-corrected chi connectivity index (χ2v) is 5.53. The lowest BCUT2D eigenvalue weighted by Gasteiger charge is -2.15. The molecule has 1 aromatic carbocycles. The molecule has 0 heterocycles. The van der Waals surface area contributed by atoms with Crippen molar-refractivity contribution in [1.82, 2.24) is 5.32 Å². The van der Waals surface area contributed by atoms with Crippen molar-refractivity contribution in [3.05, 3.63) is 30.3 Å². The van der Waals surface area contributed by atoms with Crippen LogP contribution in [0.25, 0.3) is 0 Å². The molecule has 0 saturated carbocycles. The number of amides is 1. The first-order chi connectivity index (χ1) is 8.63. The van der Waals surface area contributed by atoms with Crippen molar-refractivity contribution < 1.29 is 9.90 Å². The molecule has 2 atom stereocenters. The second-order valence-electron chi connectivity index (χ2n) is 4.26. The molecule has 0 aliphatic rings. The third-order valence-corrected chi connectivity index (χ3v) is 3.92. The zero-order valence-corrected chi connectivity index (χ0v) is 11.7. The van der Waals surface area contributed by atoms with E-state index >= 15 is 0 Å². The van der Waals surface area contributed by atoms with Crippen LogP contribution < -0.4 is 5.32 Å². The number of hydrogen-bond acceptors (Lipinski definition) is 3. The van der Waals surface area contributed by atoms with Crippen LogP contribution in [0.15, 0.2) is 35.2 Å². The Labute approximate surface area is 113 Å². The van der Waals surface area contributed by atoms with E-state index in [9.17, 15) is 4.79 Å². The van der Waals surface area contributed by atoms with E-state index in [4.69, 9.17) is 5.11 Å². The molecule has 0 radical (unpaired) electrons. The summed E-state index contributed by atoms with van der Waals surface area (Å²) in [6.07, 6.45) is 1.02. The molecule has 1 aromatic rings. The first-order valence-corrected chi connectivity index (χ1v) is 7.19. The molecule has 4 heteroatoms. The largest absolute Gasteiger partial charge is 0.393 e. The highest BCUT2D eigenvalue weighted by molar-refractivity contribution is 8.00. The molecule has 0 aliphatic carbocycles. The first kappa shape index (κ1) is 15.1. The summed E-state index contributed by atoms with van der Waals surface area (Å²) in [6, 6.07) is 9.93. The molecule has 0 fully saturated rings. The van der Waals surface area contributed by atoms with E-state index in [1.807, 2.05) is 37.3 Å². The van der Waals surface area contributed by atoms with E-state index in [1.54, 1.807) is 18.7 Å². The first-order valence-electron chi connectivity index (χ1n) is 6.31. The van der Waals surface area contributed by atoms with Crippen LogP contribution in [0.4, 0.5) is 0 Å². The normalized spacial score (nSPS) is 13.9. The molecule has 2 unspecified atom stereocenters. The van der Waals surface area contributed by atoms with Crippen molar-refractivity contribution in [2.45, 2.75) is 42.9 Å². The number of thioether (sulfide) groups is 1. The summed E-state index contributed by atoms with van der Waals surface area (Å²) in [7, 11) is 0. The lowest BCUT2D eigenvalue weighted by Crippen LogP contribution is -2.34. The summed E-state index contributed by atoms with van der Waals surface area (Å²) < 4.78 is 0. The maximum atomic E-state index is 11.9. The lowest BCUT2D eigenvalue weighted by molar-refractivity contribution is -0.120. The Balaban J connectivity index is 2.43. The minimum absolute atomic E-state index is 0.0482. The van der Waals surface area contributed by atoms with Crippen molar-refractivity contribution in [2.75, 3.05) is 6.54 Å². The molecule has 100 valence electrons.